The van der Waals surface area contributed by atoms with Crippen LogP contribution in [0.25, 0.3) is 0 Å². The molecule has 0 bridgehead atoms. The molecule has 0 saturated carbocycles. The summed E-state index contributed by atoms with van der Waals surface area (Å²) < 4.78 is 72.4. The summed E-state index contributed by atoms with van der Waals surface area (Å²) in [6, 6.07) is 8.66. The number of aliphatic hydroxyl groups excluding tert-OH is 1. The second-order valence-corrected chi connectivity index (χ2v) is 6.16. The van der Waals surface area contributed by atoms with Gasteiger partial charge in [0.2, 0.25) is 0 Å². The molecule has 0 amide bonds. The van der Waals surface area contributed by atoms with Gasteiger partial charge in [-0.05, 0) is 36.2 Å². The van der Waals surface area contributed by atoms with Crippen LogP contribution in [0.3, 0.4) is 0 Å². The monoisotopic (exact) mass is 494 g/mol. The Morgan fingerprint density at radius 2 is 1.22 bits per heavy atom. The molecule has 2 rings (SSSR count). The smallest absolute Gasteiger partial charge is 1.00 e. The first kappa shape index (κ1) is 35.3. The quantitative estimate of drug-likeness (QED) is 0.303. The molecule has 0 fully saturated rings. The van der Waals surface area contributed by atoms with Crippen molar-refractivity contribution in [2.45, 2.75) is 51.6 Å². The minimum absolute atomic E-state index is 0. The molecule has 32 heavy (non-hydrogen) atoms. The Bertz CT molecular complexity index is 732. The van der Waals surface area contributed by atoms with Gasteiger partial charge in [0.1, 0.15) is 6.29 Å². The molecule has 10 heteroatoms. The summed E-state index contributed by atoms with van der Waals surface area (Å²) in [6.45, 7) is 7.41. The van der Waals surface area contributed by atoms with E-state index in [0.717, 1.165) is 49.2 Å². The van der Waals surface area contributed by atoms with Crippen molar-refractivity contribution in [1.29, 1.82) is 0 Å². The first-order valence-electron chi connectivity index (χ1n) is 9.17. The van der Waals surface area contributed by atoms with Gasteiger partial charge in [-0.3, -0.25) is 4.79 Å². The van der Waals surface area contributed by atoms with Gasteiger partial charge in [-0.25, -0.2) is 0 Å². The van der Waals surface area contributed by atoms with E-state index in [1.54, 1.807) is 0 Å². The summed E-state index contributed by atoms with van der Waals surface area (Å²) in [5, 5.41) is 9.53. The SMILES string of the molecule is CCCC(O)c1ccc(C(F)(F)F)cc1.O=Cc1ccc(C(F)(F)F)cc1.[CH2-]CC.[Cl-].[Mg+2]. The topological polar surface area (TPSA) is 37.3 Å². The third-order valence-electron chi connectivity index (χ3n) is 3.56. The van der Waals surface area contributed by atoms with E-state index in [2.05, 4.69) is 6.92 Å². The van der Waals surface area contributed by atoms with Crippen LogP contribution in [0.2, 0.25) is 0 Å². The van der Waals surface area contributed by atoms with Crippen molar-refractivity contribution >= 4 is 29.3 Å². The fourth-order valence-corrected chi connectivity index (χ4v) is 2.09. The molecule has 0 aliphatic rings. The molecule has 1 unspecified atom stereocenters. The molecule has 1 atom stereocenters. The zero-order valence-electron chi connectivity index (χ0n) is 17.8. The molecule has 2 aromatic carbocycles. The Labute approximate surface area is 207 Å². The minimum Gasteiger partial charge on any atom is -1.00 e. The van der Waals surface area contributed by atoms with Gasteiger partial charge in [-0.1, -0.05) is 44.5 Å². The number of alkyl halides is 6. The van der Waals surface area contributed by atoms with E-state index >= 15 is 0 Å². The maximum absolute atomic E-state index is 12.2. The third-order valence-corrected chi connectivity index (χ3v) is 3.56. The molecule has 176 valence electrons. The van der Waals surface area contributed by atoms with Crippen LogP contribution in [0, 0.1) is 6.92 Å². The predicted molar refractivity (Wildman–Crippen MR) is 110 cm³/mol. The van der Waals surface area contributed by atoms with Gasteiger partial charge in [0.15, 0.2) is 0 Å². The normalized spacial score (nSPS) is 11.3. The van der Waals surface area contributed by atoms with Crippen molar-refractivity contribution < 1.29 is 48.7 Å². The Hall–Kier alpha value is -1.29. The van der Waals surface area contributed by atoms with E-state index in [-0.39, 0.29) is 41.0 Å². The molecule has 2 aromatic rings. The van der Waals surface area contributed by atoms with Gasteiger partial charge in [-0.15, -0.1) is 0 Å². The second-order valence-electron chi connectivity index (χ2n) is 6.16. The van der Waals surface area contributed by atoms with Crippen molar-refractivity contribution in [2.24, 2.45) is 0 Å². The Morgan fingerprint density at radius 1 is 0.875 bits per heavy atom. The van der Waals surface area contributed by atoms with E-state index in [9.17, 15) is 36.2 Å². The van der Waals surface area contributed by atoms with Gasteiger partial charge >= 0.3 is 35.4 Å². The van der Waals surface area contributed by atoms with Gasteiger partial charge in [0.25, 0.3) is 0 Å². The molecule has 0 heterocycles. The molecule has 0 aromatic heterocycles. The van der Waals surface area contributed by atoms with Crippen LogP contribution in [0.1, 0.15) is 66.3 Å². The second kappa shape index (κ2) is 17.2. The van der Waals surface area contributed by atoms with Crippen molar-refractivity contribution in [3.63, 3.8) is 0 Å². The van der Waals surface area contributed by atoms with Crippen molar-refractivity contribution in [2.75, 3.05) is 0 Å². The van der Waals surface area contributed by atoms with E-state index in [0.29, 0.717) is 18.3 Å². The number of aliphatic hydroxyl groups is 1. The van der Waals surface area contributed by atoms with Crippen LogP contribution in [0.5, 0.6) is 0 Å². The summed E-state index contributed by atoms with van der Waals surface area (Å²) in [6.07, 6.45) is -6.46. The number of benzene rings is 2. The van der Waals surface area contributed by atoms with Crippen molar-refractivity contribution in [3.05, 3.63) is 77.7 Å². The zero-order valence-corrected chi connectivity index (χ0v) is 20.0. The standard InChI is InChI=1S/C11H13F3O.C8H5F3O.C3H7.ClH.Mg/c1-2-3-10(15)8-4-6-9(7-5-8)11(12,13)14;9-8(10,11)7-3-1-6(5-12)2-4-7;1-3-2;;/h4-7,10,15H,2-3H2,1H3;1-5H;1,3H2,2H3;1H;/q;;-1;;+2/p-1. The van der Waals surface area contributed by atoms with Crippen molar-refractivity contribution in [3.8, 4) is 0 Å². The third kappa shape index (κ3) is 14.0. The van der Waals surface area contributed by atoms with Crippen LogP contribution >= 0.6 is 0 Å². The Balaban J connectivity index is -0.000000450. The Kier molecular flexibility index (Phi) is 19.0. The molecule has 0 saturated heterocycles. The number of carbonyl (C=O) groups excluding carboxylic acids is 1. The molecule has 0 spiro atoms. The van der Waals surface area contributed by atoms with Crippen LogP contribution in [-0.2, 0) is 12.4 Å². The molecular formula is C22H25ClF6MgO2. The molecule has 2 nitrogen and oxygen atoms in total. The first-order chi connectivity index (χ1) is 13.9. The number of hydrogen-bond acceptors (Lipinski definition) is 2. The summed E-state index contributed by atoms with van der Waals surface area (Å²) >= 11 is 0. The number of aldehydes is 1. The van der Waals surface area contributed by atoms with Crippen molar-refractivity contribution in [1.82, 2.24) is 0 Å². The van der Waals surface area contributed by atoms with Gasteiger partial charge < -0.3 is 24.4 Å². The van der Waals surface area contributed by atoms with Crippen LogP contribution in [-0.4, -0.2) is 34.4 Å². The number of hydrogen-bond donors (Lipinski definition) is 1. The number of rotatable bonds is 4. The van der Waals surface area contributed by atoms with Gasteiger partial charge in [-0.2, -0.15) is 32.8 Å². The molecule has 1 N–H and O–H groups in total. The maximum Gasteiger partial charge on any atom is 2.00 e. The fraction of sp³-hybridized carbons (Fsp3) is 0.364. The van der Waals surface area contributed by atoms with Gasteiger partial charge in [0, 0.05) is 5.56 Å². The summed E-state index contributed by atoms with van der Waals surface area (Å²) in [4.78, 5) is 10.1. The fourth-order valence-electron chi connectivity index (χ4n) is 2.09. The van der Waals surface area contributed by atoms with E-state index in [4.69, 9.17) is 0 Å². The molecule has 0 aliphatic heterocycles. The summed E-state index contributed by atoms with van der Waals surface area (Å²) in [5.74, 6) is 0. The molecular weight excluding hydrogens is 470 g/mol. The molecule has 0 radical (unpaired) electrons. The van der Waals surface area contributed by atoms with E-state index in [1.165, 1.54) is 12.1 Å². The minimum atomic E-state index is -4.33. The average Bonchev–Trinajstić information content (AvgIpc) is 2.68. The number of carbonyl (C=O) groups is 1. The summed E-state index contributed by atoms with van der Waals surface area (Å²) in [7, 11) is 0. The predicted octanol–water partition coefficient (Wildman–Crippen LogP) is 3.91. The summed E-state index contributed by atoms with van der Waals surface area (Å²) in [5.41, 5.74) is -0.657. The van der Waals surface area contributed by atoms with E-state index < -0.39 is 29.6 Å². The van der Waals surface area contributed by atoms with Crippen LogP contribution in [0.15, 0.2) is 48.5 Å². The van der Waals surface area contributed by atoms with Gasteiger partial charge in [0.05, 0.1) is 17.2 Å². The largest absolute Gasteiger partial charge is 2.00 e. The first-order valence-corrected chi connectivity index (χ1v) is 9.17. The Morgan fingerprint density at radius 3 is 1.50 bits per heavy atom. The number of halogens is 7. The van der Waals surface area contributed by atoms with E-state index in [1.807, 2.05) is 13.8 Å². The average molecular weight is 495 g/mol. The van der Waals surface area contributed by atoms with Crippen LogP contribution in [0.4, 0.5) is 26.3 Å². The maximum atomic E-state index is 12.2. The molecule has 0 aliphatic carbocycles. The van der Waals surface area contributed by atoms with Crippen LogP contribution < -0.4 is 12.4 Å². The zero-order chi connectivity index (χ0) is 23.4.